The molecule has 0 bridgehead atoms. The second-order valence-electron chi connectivity index (χ2n) is 4.91. The van der Waals surface area contributed by atoms with Crippen LogP contribution in [-0.2, 0) is 16.9 Å². The van der Waals surface area contributed by atoms with Crippen LogP contribution in [0.1, 0.15) is 18.9 Å². The van der Waals surface area contributed by atoms with Gasteiger partial charge in [-0.3, -0.25) is 0 Å². The molecule has 2 atom stereocenters. The lowest BCUT2D eigenvalue weighted by molar-refractivity contribution is -0.222. The van der Waals surface area contributed by atoms with Gasteiger partial charge in [-0.25, -0.2) is 9.67 Å². The van der Waals surface area contributed by atoms with Crippen LogP contribution in [0.4, 0.5) is 0 Å². The molecule has 1 aromatic carbocycles. The van der Waals surface area contributed by atoms with Crippen LogP contribution in [0, 0.1) is 5.92 Å². The molecular weight excluding hydrogens is 262 g/mol. The van der Waals surface area contributed by atoms with E-state index in [1.807, 2.05) is 28.9 Å². The molecule has 100 valence electrons. The van der Waals surface area contributed by atoms with Gasteiger partial charge < -0.3 is 4.74 Å². The van der Waals surface area contributed by atoms with Crippen LogP contribution in [0.15, 0.2) is 36.9 Å². The largest absolute Gasteiger partial charge is 0.368 e. The van der Waals surface area contributed by atoms with Crippen molar-refractivity contribution in [2.24, 2.45) is 5.92 Å². The number of hydrogen-bond acceptors (Lipinski definition) is 3. The Balaban J connectivity index is 1.95. The third-order valence-corrected chi connectivity index (χ3v) is 4.14. The van der Waals surface area contributed by atoms with E-state index in [0.29, 0.717) is 12.5 Å². The van der Waals surface area contributed by atoms with Gasteiger partial charge in [0, 0.05) is 10.9 Å². The van der Waals surface area contributed by atoms with Crippen LogP contribution >= 0.6 is 11.6 Å². The average molecular weight is 278 g/mol. The van der Waals surface area contributed by atoms with Gasteiger partial charge in [0.05, 0.1) is 13.2 Å². The molecule has 1 aromatic heterocycles. The molecule has 0 N–H and O–H groups in total. The van der Waals surface area contributed by atoms with Gasteiger partial charge in [-0.1, -0.05) is 30.7 Å². The Morgan fingerprint density at radius 3 is 2.74 bits per heavy atom. The summed E-state index contributed by atoms with van der Waals surface area (Å²) in [6, 6.07) is 7.91. The highest BCUT2D eigenvalue weighted by molar-refractivity contribution is 6.30. The van der Waals surface area contributed by atoms with Crippen molar-refractivity contribution in [3.05, 3.63) is 47.5 Å². The molecule has 3 rings (SSSR count). The first-order chi connectivity index (χ1) is 9.24. The molecule has 0 spiro atoms. The number of halogens is 1. The van der Waals surface area contributed by atoms with Crippen molar-refractivity contribution >= 4 is 11.6 Å². The van der Waals surface area contributed by atoms with Crippen LogP contribution in [-0.4, -0.2) is 21.4 Å². The molecule has 4 nitrogen and oxygen atoms in total. The van der Waals surface area contributed by atoms with Gasteiger partial charge in [-0.2, -0.15) is 5.10 Å². The van der Waals surface area contributed by atoms with Crippen LogP contribution in [0.5, 0.6) is 0 Å². The maximum absolute atomic E-state index is 5.99. The molecular formula is C14H16ClN3O. The predicted molar refractivity (Wildman–Crippen MR) is 72.9 cm³/mol. The molecule has 0 radical (unpaired) electrons. The second kappa shape index (κ2) is 4.94. The summed E-state index contributed by atoms with van der Waals surface area (Å²) in [5, 5.41) is 4.94. The Morgan fingerprint density at radius 1 is 1.42 bits per heavy atom. The molecule has 2 unspecified atom stereocenters. The van der Waals surface area contributed by atoms with E-state index >= 15 is 0 Å². The summed E-state index contributed by atoms with van der Waals surface area (Å²) in [4.78, 5) is 4.00. The summed E-state index contributed by atoms with van der Waals surface area (Å²) in [6.45, 7) is 3.68. The van der Waals surface area contributed by atoms with Crippen LogP contribution in [0.25, 0.3) is 0 Å². The zero-order chi connectivity index (χ0) is 13.3. The van der Waals surface area contributed by atoms with E-state index < -0.39 is 0 Å². The normalized spacial score (nSPS) is 26.1. The van der Waals surface area contributed by atoms with Crippen LogP contribution in [0.2, 0.25) is 5.02 Å². The maximum Gasteiger partial charge on any atom is 0.137 e. The highest BCUT2D eigenvalue weighted by Crippen LogP contribution is 2.45. The fourth-order valence-electron chi connectivity index (χ4n) is 2.72. The Hall–Kier alpha value is -1.39. The average Bonchev–Trinajstić information content (AvgIpc) is 2.89. The lowest BCUT2D eigenvalue weighted by Gasteiger charge is -2.49. The minimum Gasteiger partial charge on any atom is -0.368 e. The molecule has 1 fully saturated rings. The quantitative estimate of drug-likeness (QED) is 0.863. The molecule has 1 aliphatic rings. The van der Waals surface area contributed by atoms with Gasteiger partial charge in [0.15, 0.2) is 0 Å². The number of rotatable bonds is 4. The number of nitrogens with zero attached hydrogens (tertiary/aromatic N) is 3. The standard InChI is InChI=1S/C14H16ClN3O/c1-2-11-7-19-14(11,8-18-10-16-9-17-18)12-3-5-13(15)6-4-12/h3-6,9-11H,2,7-8H2,1H3. The summed E-state index contributed by atoms with van der Waals surface area (Å²) in [6.07, 6.45) is 4.36. The monoisotopic (exact) mass is 277 g/mol. The van der Waals surface area contributed by atoms with E-state index in [2.05, 4.69) is 17.0 Å². The minimum absolute atomic E-state index is 0.299. The summed E-state index contributed by atoms with van der Waals surface area (Å²) < 4.78 is 7.82. The highest BCUT2D eigenvalue weighted by Gasteiger charge is 2.49. The first-order valence-electron chi connectivity index (χ1n) is 6.47. The van der Waals surface area contributed by atoms with E-state index in [1.165, 1.54) is 0 Å². The molecule has 2 heterocycles. The molecule has 19 heavy (non-hydrogen) atoms. The van der Waals surface area contributed by atoms with Crippen molar-refractivity contribution in [1.29, 1.82) is 0 Å². The highest BCUT2D eigenvalue weighted by atomic mass is 35.5. The molecule has 2 aromatic rings. The van der Waals surface area contributed by atoms with Crippen molar-refractivity contribution in [2.75, 3.05) is 6.61 Å². The summed E-state index contributed by atoms with van der Waals surface area (Å²) in [7, 11) is 0. The van der Waals surface area contributed by atoms with E-state index in [1.54, 1.807) is 12.7 Å². The van der Waals surface area contributed by atoms with Gasteiger partial charge >= 0.3 is 0 Å². The summed E-state index contributed by atoms with van der Waals surface area (Å²) in [5.74, 6) is 0.498. The van der Waals surface area contributed by atoms with Crippen LogP contribution < -0.4 is 0 Å². The zero-order valence-corrected chi connectivity index (χ0v) is 11.5. The molecule has 0 amide bonds. The van der Waals surface area contributed by atoms with Crippen molar-refractivity contribution in [3.63, 3.8) is 0 Å². The summed E-state index contributed by atoms with van der Waals surface area (Å²) in [5.41, 5.74) is 0.859. The molecule has 0 saturated carbocycles. The Bertz CT molecular complexity index is 538. The maximum atomic E-state index is 5.99. The fourth-order valence-corrected chi connectivity index (χ4v) is 2.85. The topological polar surface area (TPSA) is 39.9 Å². The SMILES string of the molecule is CCC1COC1(Cn1cncn1)c1ccc(Cl)cc1. The fraction of sp³-hybridized carbons (Fsp3) is 0.429. The molecule has 5 heteroatoms. The van der Waals surface area contributed by atoms with Crippen molar-refractivity contribution in [3.8, 4) is 0 Å². The first-order valence-corrected chi connectivity index (χ1v) is 6.85. The van der Waals surface area contributed by atoms with E-state index in [0.717, 1.165) is 23.6 Å². The Labute approximate surface area is 117 Å². The first kappa shape index (κ1) is 12.6. The van der Waals surface area contributed by atoms with Gasteiger partial charge in [0.2, 0.25) is 0 Å². The predicted octanol–water partition coefficient (Wildman–Crippen LogP) is 2.88. The zero-order valence-electron chi connectivity index (χ0n) is 10.8. The number of aromatic nitrogens is 3. The van der Waals surface area contributed by atoms with Gasteiger partial charge in [0.25, 0.3) is 0 Å². The minimum atomic E-state index is -0.299. The third kappa shape index (κ3) is 2.15. The Morgan fingerprint density at radius 2 is 2.21 bits per heavy atom. The lowest BCUT2D eigenvalue weighted by atomic mass is 9.75. The molecule has 1 saturated heterocycles. The van der Waals surface area contributed by atoms with Crippen molar-refractivity contribution in [2.45, 2.75) is 25.5 Å². The summed E-state index contributed by atoms with van der Waals surface area (Å²) >= 11 is 5.97. The smallest absolute Gasteiger partial charge is 0.137 e. The van der Waals surface area contributed by atoms with Gasteiger partial charge in [-0.05, 0) is 24.1 Å². The van der Waals surface area contributed by atoms with Gasteiger partial charge in [0.1, 0.15) is 18.3 Å². The van der Waals surface area contributed by atoms with Crippen molar-refractivity contribution < 1.29 is 4.74 Å². The van der Waals surface area contributed by atoms with Crippen molar-refractivity contribution in [1.82, 2.24) is 14.8 Å². The molecule has 1 aliphatic heterocycles. The number of ether oxygens (including phenoxy) is 1. The van der Waals surface area contributed by atoms with Crippen LogP contribution in [0.3, 0.4) is 0 Å². The Kier molecular flexibility index (Phi) is 3.29. The number of hydrogen-bond donors (Lipinski definition) is 0. The van der Waals surface area contributed by atoms with E-state index in [4.69, 9.17) is 16.3 Å². The molecule has 0 aliphatic carbocycles. The van der Waals surface area contributed by atoms with Gasteiger partial charge in [-0.15, -0.1) is 0 Å². The van der Waals surface area contributed by atoms with E-state index in [9.17, 15) is 0 Å². The lowest BCUT2D eigenvalue weighted by Crippen LogP contribution is -2.53. The van der Waals surface area contributed by atoms with E-state index in [-0.39, 0.29) is 5.60 Å². The second-order valence-corrected chi connectivity index (χ2v) is 5.34. The third-order valence-electron chi connectivity index (χ3n) is 3.89. The number of benzene rings is 1.